The smallest absolute Gasteiger partial charge is 0.119 e. The van der Waals surface area contributed by atoms with Crippen LogP contribution in [-0.4, -0.2) is 31.0 Å². The quantitative estimate of drug-likeness (QED) is 0.668. The Bertz CT molecular complexity index is 469. The SMILES string of the molecule is CC1CCCCC1OCCOc1ccc(C#CCO)cc1. The van der Waals surface area contributed by atoms with Gasteiger partial charge in [0.15, 0.2) is 0 Å². The maximum Gasteiger partial charge on any atom is 0.119 e. The van der Waals surface area contributed by atoms with Gasteiger partial charge in [0.1, 0.15) is 19.0 Å². The minimum Gasteiger partial charge on any atom is -0.491 e. The number of rotatable bonds is 5. The van der Waals surface area contributed by atoms with Crippen molar-refractivity contribution in [2.24, 2.45) is 5.92 Å². The van der Waals surface area contributed by atoms with Crippen LogP contribution in [0.1, 0.15) is 38.2 Å². The first-order valence-corrected chi connectivity index (χ1v) is 7.74. The summed E-state index contributed by atoms with van der Waals surface area (Å²) in [5, 5.41) is 8.64. The summed E-state index contributed by atoms with van der Waals surface area (Å²) in [5.41, 5.74) is 0.878. The zero-order valence-corrected chi connectivity index (χ0v) is 12.7. The summed E-state index contributed by atoms with van der Waals surface area (Å²) in [7, 11) is 0. The van der Waals surface area contributed by atoms with E-state index in [9.17, 15) is 0 Å². The van der Waals surface area contributed by atoms with E-state index in [1.54, 1.807) is 0 Å². The molecule has 1 fully saturated rings. The normalized spacial score (nSPS) is 21.4. The fourth-order valence-corrected chi connectivity index (χ4v) is 2.66. The van der Waals surface area contributed by atoms with E-state index >= 15 is 0 Å². The summed E-state index contributed by atoms with van der Waals surface area (Å²) >= 11 is 0. The third-order valence-electron chi connectivity index (χ3n) is 3.88. The highest BCUT2D eigenvalue weighted by molar-refractivity contribution is 5.38. The maximum atomic E-state index is 8.64. The molecule has 0 bridgehead atoms. The molecule has 0 heterocycles. The fourth-order valence-electron chi connectivity index (χ4n) is 2.66. The summed E-state index contributed by atoms with van der Waals surface area (Å²) in [6.07, 6.45) is 5.48. The predicted octanol–water partition coefficient (Wildman–Crippen LogP) is 3.00. The van der Waals surface area contributed by atoms with Crippen molar-refractivity contribution in [1.29, 1.82) is 0 Å². The molecule has 114 valence electrons. The van der Waals surface area contributed by atoms with Gasteiger partial charge in [-0.05, 0) is 43.0 Å². The number of hydrogen-bond acceptors (Lipinski definition) is 3. The highest BCUT2D eigenvalue weighted by Gasteiger charge is 2.21. The van der Waals surface area contributed by atoms with Crippen LogP contribution >= 0.6 is 0 Å². The van der Waals surface area contributed by atoms with Gasteiger partial charge in [-0.25, -0.2) is 0 Å². The molecule has 0 radical (unpaired) electrons. The molecule has 2 atom stereocenters. The lowest BCUT2D eigenvalue weighted by atomic mass is 9.88. The van der Waals surface area contributed by atoms with Crippen molar-refractivity contribution >= 4 is 0 Å². The second-order valence-electron chi connectivity index (χ2n) is 5.50. The summed E-state index contributed by atoms with van der Waals surface area (Å²) in [4.78, 5) is 0. The summed E-state index contributed by atoms with van der Waals surface area (Å²) in [6.45, 7) is 3.37. The first kappa shape index (κ1) is 15.9. The molecule has 1 aromatic carbocycles. The van der Waals surface area contributed by atoms with Crippen molar-refractivity contribution < 1.29 is 14.6 Å². The highest BCUT2D eigenvalue weighted by Crippen LogP contribution is 2.26. The molecule has 1 N–H and O–H groups in total. The van der Waals surface area contributed by atoms with Gasteiger partial charge in [-0.15, -0.1) is 0 Å². The minimum absolute atomic E-state index is 0.116. The Kier molecular flexibility index (Phi) is 6.59. The summed E-state index contributed by atoms with van der Waals surface area (Å²) in [5.74, 6) is 6.97. The molecular formula is C18H24O3. The molecule has 1 aliphatic carbocycles. The molecule has 2 rings (SSSR count). The number of aliphatic hydroxyl groups is 1. The maximum absolute atomic E-state index is 8.64. The van der Waals surface area contributed by atoms with Gasteiger partial charge in [-0.2, -0.15) is 0 Å². The van der Waals surface area contributed by atoms with Gasteiger partial charge in [-0.3, -0.25) is 0 Å². The van der Waals surface area contributed by atoms with E-state index < -0.39 is 0 Å². The molecule has 0 amide bonds. The molecule has 1 aromatic rings. The average Bonchev–Trinajstić information content (AvgIpc) is 2.52. The van der Waals surface area contributed by atoms with Gasteiger partial charge >= 0.3 is 0 Å². The van der Waals surface area contributed by atoms with Gasteiger partial charge in [0.2, 0.25) is 0 Å². The van der Waals surface area contributed by atoms with Crippen LogP contribution in [-0.2, 0) is 4.74 Å². The first-order valence-electron chi connectivity index (χ1n) is 7.74. The zero-order valence-electron chi connectivity index (χ0n) is 12.7. The Balaban J connectivity index is 1.68. The molecule has 0 spiro atoms. The van der Waals surface area contributed by atoms with E-state index in [1.165, 1.54) is 25.7 Å². The molecular weight excluding hydrogens is 264 g/mol. The lowest BCUT2D eigenvalue weighted by molar-refractivity contribution is -0.0165. The lowest BCUT2D eigenvalue weighted by Gasteiger charge is -2.28. The number of aliphatic hydroxyl groups excluding tert-OH is 1. The fraction of sp³-hybridized carbons (Fsp3) is 0.556. The minimum atomic E-state index is -0.116. The Morgan fingerprint density at radius 1 is 1.14 bits per heavy atom. The van der Waals surface area contributed by atoms with Gasteiger partial charge < -0.3 is 14.6 Å². The monoisotopic (exact) mass is 288 g/mol. The Morgan fingerprint density at radius 2 is 1.90 bits per heavy atom. The molecule has 0 aliphatic heterocycles. The van der Waals surface area contributed by atoms with Crippen LogP contribution in [0.5, 0.6) is 5.75 Å². The highest BCUT2D eigenvalue weighted by atomic mass is 16.5. The van der Waals surface area contributed by atoms with Crippen molar-refractivity contribution in [3.05, 3.63) is 29.8 Å². The summed E-state index contributed by atoms with van der Waals surface area (Å²) in [6, 6.07) is 7.57. The molecule has 1 aliphatic rings. The van der Waals surface area contributed by atoms with Crippen LogP contribution in [0.2, 0.25) is 0 Å². The topological polar surface area (TPSA) is 38.7 Å². The largest absolute Gasteiger partial charge is 0.491 e. The van der Waals surface area contributed by atoms with Crippen LogP contribution in [0.25, 0.3) is 0 Å². The van der Waals surface area contributed by atoms with Crippen molar-refractivity contribution in [2.45, 2.75) is 38.7 Å². The van der Waals surface area contributed by atoms with Crippen molar-refractivity contribution in [2.75, 3.05) is 19.8 Å². The molecule has 3 nitrogen and oxygen atoms in total. The zero-order chi connectivity index (χ0) is 14.9. The standard InChI is InChI=1S/C18H24O3/c1-15-5-2-3-7-18(15)21-14-13-20-17-10-8-16(9-11-17)6-4-12-19/h8-11,15,18-19H,2-3,5,7,12-14H2,1H3. The first-order chi connectivity index (χ1) is 10.3. The van der Waals surface area contributed by atoms with Gasteiger partial charge in [0.05, 0.1) is 12.7 Å². The van der Waals surface area contributed by atoms with Crippen LogP contribution in [0.15, 0.2) is 24.3 Å². The molecule has 2 unspecified atom stereocenters. The van der Waals surface area contributed by atoms with Gasteiger partial charge in [0, 0.05) is 5.56 Å². The third-order valence-corrected chi connectivity index (χ3v) is 3.88. The third kappa shape index (κ3) is 5.41. The van der Waals surface area contributed by atoms with E-state index in [-0.39, 0.29) is 6.61 Å². The second kappa shape index (κ2) is 8.71. The molecule has 21 heavy (non-hydrogen) atoms. The Hall–Kier alpha value is -1.50. The Labute approximate surface area is 127 Å². The van der Waals surface area contributed by atoms with E-state index in [2.05, 4.69) is 18.8 Å². The average molecular weight is 288 g/mol. The van der Waals surface area contributed by atoms with E-state index in [4.69, 9.17) is 14.6 Å². The summed E-state index contributed by atoms with van der Waals surface area (Å²) < 4.78 is 11.6. The number of hydrogen-bond donors (Lipinski definition) is 1. The molecule has 0 aromatic heterocycles. The van der Waals surface area contributed by atoms with Crippen LogP contribution in [0.3, 0.4) is 0 Å². The second-order valence-corrected chi connectivity index (χ2v) is 5.50. The molecule has 3 heteroatoms. The Morgan fingerprint density at radius 3 is 2.62 bits per heavy atom. The van der Waals surface area contributed by atoms with Crippen molar-refractivity contribution in [3.8, 4) is 17.6 Å². The van der Waals surface area contributed by atoms with Crippen molar-refractivity contribution in [1.82, 2.24) is 0 Å². The van der Waals surface area contributed by atoms with Gasteiger partial charge in [0.25, 0.3) is 0 Å². The molecule has 1 saturated carbocycles. The van der Waals surface area contributed by atoms with E-state index in [1.807, 2.05) is 24.3 Å². The van der Waals surface area contributed by atoms with E-state index in [0.29, 0.717) is 25.2 Å². The van der Waals surface area contributed by atoms with Crippen LogP contribution in [0, 0.1) is 17.8 Å². The number of benzene rings is 1. The van der Waals surface area contributed by atoms with Gasteiger partial charge in [-0.1, -0.05) is 31.6 Å². The van der Waals surface area contributed by atoms with Crippen LogP contribution < -0.4 is 4.74 Å². The van der Waals surface area contributed by atoms with Crippen molar-refractivity contribution in [3.63, 3.8) is 0 Å². The predicted molar refractivity (Wildman–Crippen MR) is 83.3 cm³/mol. The lowest BCUT2D eigenvalue weighted by Crippen LogP contribution is -2.27. The van der Waals surface area contributed by atoms with Crippen LogP contribution in [0.4, 0.5) is 0 Å². The molecule has 0 saturated heterocycles. The van der Waals surface area contributed by atoms with E-state index in [0.717, 1.165) is 11.3 Å². The number of ether oxygens (including phenoxy) is 2.